The van der Waals surface area contributed by atoms with Gasteiger partial charge in [-0.25, -0.2) is 9.97 Å². The Morgan fingerprint density at radius 3 is 2.48 bits per heavy atom. The molecule has 154 valence electrons. The number of thioether (sulfide) groups is 1. The Kier molecular flexibility index (Phi) is 5.26. The fourth-order valence-electron chi connectivity index (χ4n) is 3.60. The van der Waals surface area contributed by atoms with Gasteiger partial charge in [-0.1, -0.05) is 54.6 Å². The number of carbonyl (C=O) groups excluding carboxylic acids is 1. The molecule has 0 saturated heterocycles. The molecule has 5 rings (SSSR count). The zero-order valence-corrected chi connectivity index (χ0v) is 18.3. The number of anilines is 1. The Hall–Kier alpha value is -3.09. The van der Waals surface area contributed by atoms with Crippen molar-refractivity contribution in [3.63, 3.8) is 0 Å². The number of fused-ring (bicyclic) bond motifs is 5. The predicted octanol–water partition coefficient (Wildman–Crippen LogP) is 6.20. The number of halogens is 1. The number of carbonyl (C=O) groups is 1. The van der Waals surface area contributed by atoms with Gasteiger partial charge >= 0.3 is 0 Å². The van der Waals surface area contributed by atoms with Crippen molar-refractivity contribution in [3.8, 4) is 0 Å². The molecule has 1 amide bonds. The van der Waals surface area contributed by atoms with Crippen LogP contribution in [0.3, 0.4) is 0 Å². The van der Waals surface area contributed by atoms with Gasteiger partial charge in [-0.2, -0.15) is 0 Å². The van der Waals surface area contributed by atoms with E-state index in [1.807, 2.05) is 55.5 Å². The van der Waals surface area contributed by atoms with E-state index in [9.17, 15) is 4.79 Å². The lowest BCUT2D eigenvalue weighted by Gasteiger charge is -2.16. The van der Waals surface area contributed by atoms with E-state index in [-0.39, 0.29) is 11.2 Å². The average molecular weight is 447 g/mol. The highest BCUT2D eigenvalue weighted by atomic mass is 35.5. The molecule has 0 aliphatic heterocycles. The number of nitrogens with one attached hydrogen (secondary N) is 1. The number of aromatic nitrogens is 3. The second kappa shape index (κ2) is 8.21. The van der Waals surface area contributed by atoms with E-state index in [2.05, 4.69) is 9.72 Å². The van der Waals surface area contributed by atoms with Gasteiger partial charge in [0.25, 0.3) is 0 Å². The highest BCUT2D eigenvalue weighted by Crippen LogP contribution is 2.32. The van der Waals surface area contributed by atoms with Crippen molar-refractivity contribution in [2.45, 2.75) is 23.8 Å². The summed E-state index contributed by atoms with van der Waals surface area (Å²) >= 11 is 7.41. The summed E-state index contributed by atoms with van der Waals surface area (Å²) in [7, 11) is 0. The van der Waals surface area contributed by atoms with E-state index >= 15 is 0 Å². The first-order valence-corrected chi connectivity index (χ1v) is 11.3. The number of benzene rings is 3. The van der Waals surface area contributed by atoms with Gasteiger partial charge < -0.3 is 5.32 Å². The monoisotopic (exact) mass is 446 g/mol. The molecule has 0 radical (unpaired) electrons. The van der Waals surface area contributed by atoms with Crippen LogP contribution in [-0.2, 0) is 4.79 Å². The van der Waals surface area contributed by atoms with E-state index in [1.54, 1.807) is 24.3 Å². The maximum Gasteiger partial charge on any atom is 0.237 e. The molecule has 0 fully saturated rings. The van der Waals surface area contributed by atoms with Gasteiger partial charge in [-0.15, -0.1) is 0 Å². The molecular weight excluding hydrogens is 428 g/mol. The minimum absolute atomic E-state index is 0.0673. The molecular formula is C24H19ClN4OS. The third-order valence-corrected chi connectivity index (χ3v) is 6.70. The molecule has 1 atom stereocenters. The third kappa shape index (κ3) is 3.73. The second-order valence-corrected chi connectivity index (χ2v) is 8.79. The Morgan fingerprint density at radius 2 is 1.71 bits per heavy atom. The smallest absolute Gasteiger partial charge is 0.237 e. The standard InChI is InChI=1S/C24H19ClN4OS/c1-2-21(23(30)26-16-13-11-15(25)12-14-16)31-24-28-18-8-4-3-7-17(18)22-27-19-9-5-6-10-20(19)29(22)24/h3-14,21H,2H2,1H3,(H,26,30). The lowest BCUT2D eigenvalue weighted by Crippen LogP contribution is -2.25. The number of amides is 1. The Balaban J connectivity index is 1.57. The Morgan fingerprint density at radius 1 is 1.00 bits per heavy atom. The van der Waals surface area contributed by atoms with Gasteiger partial charge in [0.2, 0.25) is 5.91 Å². The van der Waals surface area contributed by atoms with Crippen molar-refractivity contribution >= 4 is 62.5 Å². The maximum atomic E-state index is 13.0. The summed E-state index contributed by atoms with van der Waals surface area (Å²) in [6.45, 7) is 2.00. The summed E-state index contributed by atoms with van der Waals surface area (Å²) in [5.74, 6) is -0.0673. The van der Waals surface area contributed by atoms with E-state index in [1.165, 1.54) is 11.8 Å². The first-order valence-electron chi connectivity index (χ1n) is 10.0. The minimum Gasteiger partial charge on any atom is -0.325 e. The van der Waals surface area contributed by atoms with Crippen LogP contribution in [0.1, 0.15) is 13.3 Å². The van der Waals surface area contributed by atoms with Crippen LogP contribution in [0.15, 0.2) is 78.0 Å². The summed E-state index contributed by atoms with van der Waals surface area (Å²) in [4.78, 5) is 22.8. The Bertz CT molecular complexity index is 1410. The van der Waals surface area contributed by atoms with Crippen LogP contribution in [0, 0.1) is 0 Å². The molecule has 0 spiro atoms. The van der Waals surface area contributed by atoms with Crippen molar-refractivity contribution in [2.24, 2.45) is 0 Å². The highest BCUT2D eigenvalue weighted by Gasteiger charge is 2.22. The molecule has 0 aliphatic rings. The molecule has 2 aromatic heterocycles. The zero-order valence-electron chi connectivity index (χ0n) is 16.7. The fraction of sp³-hybridized carbons (Fsp3) is 0.125. The van der Waals surface area contributed by atoms with E-state index in [0.717, 1.165) is 38.4 Å². The van der Waals surface area contributed by atoms with E-state index in [0.29, 0.717) is 11.4 Å². The van der Waals surface area contributed by atoms with Crippen molar-refractivity contribution in [1.29, 1.82) is 0 Å². The maximum absolute atomic E-state index is 13.0. The summed E-state index contributed by atoms with van der Waals surface area (Å²) < 4.78 is 2.06. The molecule has 1 N–H and O–H groups in total. The van der Waals surface area contributed by atoms with Gasteiger partial charge in [-0.3, -0.25) is 9.20 Å². The molecule has 0 saturated carbocycles. The van der Waals surface area contributed by atoms with Gasteiger partial charge in [0.05, 0.1) is 21.8 Å². The lowest BCUT2D eigenvalue weighted by atomic mass is 10.2. The van der Waals surface area contributed by atoms with Crippen molar-refractivity contribution < 1.29 is 4.79 Å². The van der Waals surface area contributed by atoms with Gasteiger partial charge in [0.15, 0.2) is 5.16 Å². The van der Waals surface area contributed by atoms with Crippen molar-refractivity contribution in [1.82, 2.24) is 14.4 Å². The Labute approximate surface area is 188 Å². The number of hydrogen-bond donors (Lipinski definition) is 1. The summed E-state index contributed by atoms with van der Waals surface area (Å²) in [6.07, 6.45) is 0.659. The van der Waals surface area contributed by atoms with Crippen LogP contribution < -0.4 is 5.32 Å². The SMILES string of the molecule is CCC(Sc1nc2ccccc2c2nc3ccccc3n12)C(=O)Nc1ccc(Cl)cc1. The number of nitrogens with zero attached hydrogens (tertiary/aromatic N) is 3. The minimum atomic E-state index is -0.311. The average Bonchev–Trinajstić information content (AvgIpc) is 3.19. The van der Waals surface area contributed by atoms with Crippen molar-refractivity contribution in [3.05, 3.63) is 77.8 Å². The van der Waals surface area contributed by atoms with E-state index in [4.69, 9.17) is 21.6 Å². The summed E-state index contributed by atoms with van der Waals surface area (Å²) in [6, 6.07) is 23.1. The molecule has 0 bridgehead atoms. The zero-order chi connectivity index (χ0) is 21.4. The van der Waals surface area contributed by atoms with Gasteiger partial charge in [-0.05, 0) is 55.0 Å². The normalized spacial score (nSPS) is 12.5. The molecule has 0 aliphatic carbocycles. The van der Waals surface area contributed by atoms with E-state index < -0.39 is 0 Å². The third-order valence-electron chi connectivity index (χ3n) is 5.14. The quantitative estimate of drug-likeness (QED) is 0.258. The van der Waals surface area contributed by atoms with Crippen LogP contribution in [-0.4, -0.2) is 25.5 Å². The predicted molar refractivity (Wildman–Crippen MR) is 128 cm³/mol. The largest absolute Gasteiger partial charge is 0.325 e. The molecule has 2 heterocycles. The first kappa shape index (κ1) is 19.8. The molecule has 7 heteroatoms. The molecule has 5 aromatic rings. The highest BCUT2D eigenvalue weighted by molar-refractivity contribution is 8.00. The van der Waals surface area contributed by atoms with Crippen LogP contribution in [0.25, 0.3) is 27.6 Å². The molecule has 31 heavy (non-hydrogen) atoms. The fourth-order valence-corrected chi connectivity index (χ4v) is 4.75. The molecule has 5 nitrogen and oxygen atoms in total. The lowest BCUT2D eigenvalue weighted by molar-refractivity contribution is -0.115. The van der Waals surface area contributed by atoms with Crippen molar-refractivity contribution in [2.75, 3.05) is 5.32 Å². The van der Waals surface area contributed by atoms with Gasteiger partial charge in [0.1, 0.15) is 5.65 Å². The number of hydrogen-bond acceptors (Lipinski definition) is 4. The number of para-hydroxylation sites is 3. The van der Waals surface area contributed by atoms with Crippen LogP contribution in [0.5, 0.6) is 0 Å². The molecule has 1 unspecified atom stereocenters. The summed E-state index contributed by atoms with van der Waals surface area (Å²) in [5.41, 5.74) is 4.31. The van der Waals surface area contributed by atoms with Crippen LogP contribution in [0.4, 0.5) is 5.69 Å². The number of rotatable bonds is 5. The number of imidazole rings is 1. The first-order chi connectivity index (χ1) is 15.1. The topological polar surface area (TPSA) is 59.3 Å². The second-order valence-electron chi connectivity index (χ2n) is 7.18. The molecule has 3 aromatic carbocycles. The van der Waals surface area contributed by atoms with Crippen LogP contribution in [0.2, 0.25) is 5.02 Å². The van der Waals surface area contributed by atoms with Crippen LogP contribution >= 0.6 is 23.4 Å². The summed E-state index contributed by atoms with van der Waals surface area (Å²) in [5, 5.41) is 5.05. The van der Waals surface area contributed by atoms with Gasteiger partial charge in [0, 0.05) is 16.1 Å².